The Bertz CT molecular complexity index is 862. The van der Waals surface area contributed by atoms with Crippen LogP contribution in [0.4, 0.5) is 11.8 Å². The number of nitrogens with one attached hydrogen (secondary N) is 1. The van der Waals surface area contributed by atoms with Gasteiger partial charge in [-0.3, -0.25) is 4.90 Å². The van der Waals surface area contributed by atoms with Crippen molar-refractivity contribution in [2.24, 2.45) is 0 Å². The number of hydrogen-bond donors (Lipinski definition) is 1. The van der Waals surface area contributed by atoms with E-state index in [0.29, 0.717) is 5.95 Å². The molecule has 0 bridgehead atoms. The zero-order valence-electron chi connectivity index (χ0n) is 16.2. The molecule has 2 aromatic carbocycles. The zero-order valence-corrected chi connectivity index (χ0v) is 16.2. The summed E-state index contributed by atoms with van der Waals surface area (Å²) in [6, 6.07) is 21.1. The summed E-state index contributed by atoms with van der Waals surface area (Å²) in [6.07, 6.45) is 1.76. The van der Waals surface area contributed by atoms with Gasteiger partial charge < -0.3 is 10.2 Å². The molecule has 0 aliphatic carbocycles. The molecule has 1 N–H and O–H groups in total. The number of piperazine rings is 1. The zero-order chi connectivity index (χ0) is 19.2. The van der Waals surface area contributed by atoms with Crippen LogP contribution in [0.1, 0.15) is 24.1 Å². The average Bonchev–Trinajstić information content (AvgIpc) is 2.76. The van der Waals surface area contributed by atoms with Crippen LogP contribution in [0.5, 0.6) is 0 Å². The van der Waals surface area contributed by atoms with Gasteiger partial charge in [-0.2, -0.15) is 10.1 Å². The lowest BCUT2D eigenvalue weighted by molar-refractivity contribution is 0.249. The summed E-state index contributed by atoms with van der Waals surface area (Å²) in [5.74, 6) is 1.46. The van der Waals surface area contributed by atoms with Gasteiger partial charge in [-0.25, -0.2) is 0 Å². The van der Waals surface area contributed by atoms with Crippen LogP contribution in [0.25, 0.3) is 0 Å². The molecular formula is C22H26N6. The fourth-order valence-corrected chi connectivity index (χ4v) is 3.50. The number of aromatic nitrogens is 3. The van der Waals surface area contributed by atoms with E-state index >= 15 is 0 Å². The third kappa shape index (κ3) is 4.64. The second kappa shape index (κ2) is 8.80. The number of anilines is 2. The second-order valence-corrected chi connectivity index (χ2v) is 7.16. The summed E-state index contributed by atoms with van der Waals surface area (Å²) in [6.45, 7) is 7.02. The Morgan fingerprint density at radius 2 is 1.61 bits per heavy atom. The smallest absolute Gasteiger partial charge is 0.245 e. The number of rotatable bonds is 6. The van der Waals surface area contributed by atoms with Gasteiger partial charge in [-0.05, 0) is 18.1 Å². The average molecular weight is 374 g/mol. The highest BCUT2D eigenvalue weighted by atomic mass is 15.3. The predicted octanol–water partition coefficient (Wildman–Crippen LogP) is 3.37. The molecule has 4 rings (SSSR count). The van der Waals surface area contributed by atoms with Gasteiger partial charge in [-0.1, -0.05) is 60.7 Å². The van der Waals surface area contributed by atoms with Crippen molar-refractivity contribution in [2.45, 2.75) is 19.5 Å². The van der Waals surface area contributed by atoms with Crippen molar-refractivity contribution in [3.63, 3.8) is 0 Å². The first-order chi connectivity index (χ1) is 13.8. The number of nitrogens with zero attached hydrogens (tertiary/aromatic N) is 5. The molecule has 0 spiro atoms. The lowest BCUT2D eigenvalue weighted by atomic mass is 10.1. The van der Waals surface area contributed by atoms with E-state index in [0.717, 1.165) is 38.5 Å². The minimum Gasteiger partial charge on any atom is -0.353 e. The lowest BCUT2D eigenvalue weighted by Gasteiger charge is -2.35. The van der Waals surface area contributed by atoms with E-state index in [1.54, 1.807) is 6.20 Å². The van der Waals surface area contributed by atoms with E-state index in [9.17, 15) is 0 Å². The van der Waals surface area contributed by atoms with Crippen LogP contribution in [0.2, 0.25) is 0 Å². The first-order valence-electron chi connectivity index (χ1n) is 9.80. The highest BCUT2D eigenvalue weighted by Gasteiger charge is 2.19. The maximum Gasteiger partial charge on any atom is 0.245 e. The van der Waals surface area contributed by atoms with Crippen molar-refractivity contribution in [1.29, 1.82) is 0 Å². The van der Waals surface area contributed by atoms with Crippen molar-refractivity contribution in [1.82, 2.24) is 20.1 Å². The van der Waals surface area contributed by atoms with Gasteiger partial charge in [0.15, 0.2) is 5.82 Å². The van der Waals surface area contributed by atoms with Crippen molar-refractivity contribution in [3.05, 3.63) is 78.0 Å². The van der Waals surface area contributed by atoms with Gasteiger partial charge >= 0.3 is 0 Å². The van der Waals surface area contributed by atoms with E-state index < -0.39 is 0 Å². The van der Waals surface area contributed by atoms with E-state index in [1.165, 1.54) is 11.1 Å². The number of hydrogen-bond acceptors (Lipinski definition) is 6. The molecule has 1 aliphatic rings. The SMILES string of the molecule is CC(Nc1nncc(N2CCN(Cc3ccccc3)CC2)n1)c1ccccc1. The van der Waals surface area contributed by atoms with E-state index in [1.807, 2.05) is 18.2 Å². The fraction of sp³-hybridized carbons (Fsp3) is 0.318. The van der Waals surface area contributed by atoms with Gasteiger partial charge in [0.25, 0.3) is 0 Å². The summed E-state index contributed by atoms with van der Waals surface area (Å²) >= 11 is 0. The molecule has 2 heterocycles. The molecule has 0 amide bonds. The van der Waals surface area contributed by atoms with Crippen molar-refractivity contribution in [2.75, 3.05) is 36.4 Å². The van der Waals surface area contributed by atoms with Crippen molar-refractivity contribution < 1.29 is 0 Å². The Labute approximate surface area is 166 Å². The van der Waals surface area contributed by atoms with Crippen LogP contribution in [-0.4, -0.2) is 46.3 Å². The maximum atomic E-state index is 4.69. The Kier molecular flexibility index (Phi) is 5.77. The highest BCUT2D eigenvalue weighted by Crippen LogP contribution is 2.19. The minimum atomic E-state index is 0.126. The summed E-state index contributed by atoms with van der Waals surface area (Å²) in [5.41, 5.74) is 2.56. The third-order valence-electron chi connectivity index (χ3n) is 5.14. The molecule has 1 unspecified atom stereocenters. The third-order valence-corrected chi connectivity index (χ3v) is 5.14. The normalized spacial score (nSPS) is 16.0. The van der Waals surface area contributed by atoms with Crippen LogP contribution in [0.3, 0.4) is 0 Å². The van der Waals surface area contributed by atoms with Gasteiger partial charge in [0, 0.05) is 32.7 Å². The molecule has 1 aliphatic heterocycles. The van der Waals surface area contributed by atoms with Gasteiger partial charge in [-0.15, -0.1) is 5.10 Å². The summed E-state index contributed by atoms with van der Waals surface area (Å²) in [4.78, 5) is 9.46. The summed E-state index contributed by atoms with van der Waals surface area (Å²) < 4.78 is 0. The van der Waals surface area contributed by atoms with Gasteiger partial charge in [0.1, 0.15) is 0 Å². The molecule has 1 atom stereocenters. The molecule has 1 fully saturated rings. The van der Waals surface area contributed by atoms with Gasteiger partial charge in [0.05, 0.1) is 12.2 Å². The molecule has 1 saturated heterocycles. The molecule has 6 nitrogen and oxygen atoms in total. The molecule has 144 valence electrons. The van der Waals surface area contributed by atoms with Crippen molar-refractivity contribution in [3.8, 4) is 0 Å². The van der Waals surface area contributed by atoms with Gasteiger partial charge in [0.2, 0.25) is 5.95 Å². The highest BCUT2D eigenvalue weighted by molar-refractivity contribution is 5.42. The van der Waals surface area contributed by atoms with Crippen LogP contribution >= 0.6 is 0 Å². The topological polar surface area (TPSA) is 57.2 Å². The Hall–Kier alpha value is -2.99. The first kappa shape index (κ1) is 18.4. The summed E-state index contributed by atoms with van der Waals surface area (Å²) in [7, 11) is 0. The van der Waals surface area contributed by atoms with E-state index in [2.05, 4.69) is 74.7 Å². The summed E-state index contributed by atoms with van der Waals surface area (Å²) in [5, 5.41) is 11.7. The fourth-order valence-electron chi connectivity index (χ4n) is 3.50. The predicted molar refractivity (Wildman–Crippen MR) is 112 cm³/mol. The molecule has 6 heteroatoms. The molecule has 28 heavy (non-hydrogen) atoms. The lowest BCUT2D eigenvalue weighted by Crippen LogP contribution is -2.46. The maximum absolute atomic E-state index is 4.69. The molecule has 0 radical (unpaired) electrons. The number of benzene rings is 2. The molecule has 0 saturated carbocycles. The minimum absolute atomic E-state index is 0.126. The Morgan fingerprint density at radius 3 is 2.32 bits per heavy atom. The molecular weight excluding hydrogens is 348 g/mol. The van der Waals surface area contributed by atoms with Crippen LogP contribution in [0, 0.1) is 0 Å². The van der Waals surface area contributed by atoms with E-state index in [4.69, 9.17) is 4.98 Å². The van der Waals surface area contributed by atoms with Crippen molar-refractivity contribution >= 4 is 11.8 Å². The van der Waals surface area contributed by atoms with Crippen LogP contribution in [0.15, 0.2) is 66.9 Å². The van der Waals surface area contributed by atoms with E-state index in [-0.39, 0.29) is 6.04 Å². The Morgan fingerprint density at radius 1 is 0.929 bits per heavy atom. The largest absolute Gasteiger partial charge is 0.353 e. The van der Waals surface area contributed by atoms with Crippen LogP contribution < -0.4 is 10.2 Å². The second-order valence-electron chi connectivity index (χ2n) is 7.16. The first-order valence-corrected chi connectivity index (χ1v) is 9.80. The quantitative estimate of drug-likeness (QED) is 0.714. The molecule has 1 aromatic heterocycles. The van der Waals surface area contributed by atoms with Crippen LogP contribution in [-0.2, 0) is 6.54 Å². The Balaban J connectivity index is 1.35. The molecule has 3 aromatic rings. The monoisotopic (exact) mass is 374 g/mol. The standard InChI is InChI=1S/C22H26N6/c1-18(20-10-6-3-7-11-20)24-22-25-21(16-23-26-22)28-14-12-27(13-15-28)17-19-8-4-2-5-9-19/h2-11,16,18H,12-15,17H2,1H3,(H,24,25,26).